The maximum absolute atomic E-state index is 12.0. The molecule has 1 aromatic rings. The molecule has 1 unspecified atom stereocenters. The van der Waals surface area contributed by atoms with Crippen molar-refractivity contribution in [2.75, 3.05) is 20.8 Å². The van der Waals surface area contributed by atoms with Gasteiger partial charge in [-0.3, -0.25) is 4.89 Å². The Hall–Kier alpha value is -1.75. The van der Waals surface area contributed by atoms with E-state index in [1.807, 2.05) is 0 Å². The van der Waals surface area contributed by atoms with Crippen LogP contribution >= 0.6 is 0 Å². The van der Waals surface area contributed by atoms with Crippen molar-refractivity contribution in [3.63, 3.8) is 0 Å². The van der Waals surface area contributed by atoms with Gasteiger partial charge in [0, 0.05) is 0 Å². The molecule has 1 atom stereocenters. The van der Waals surface area contributed by atoms with Crippen LogP contribution in [0.2, 0.25) is 0 Å². The van der Waals surface area contributed by atoms with Crippen LogP contribution < -0.4 is 9.47 Å². The van der Waals surface area contributed by atoms with Crippen LogP contribution in [-0.2, 0) is 9.78 Å². The van der Waals surface area contributed by atoms with Crippen molar-refractivity contribution in [1.82, 2.24) is 0 Å². The van der Waals surface area contributed by atoms with Crippen molar-refractivity contribution in [3.8, 4) is 11.5 Å². The summed E-state index contributed by atoms with van der Waals surface area (Å²) in [4.78, 5) is 21.9. The minimum Gasteiger partial charge on any atom is -0.493 e. The molecule has 0 aliphatic heterocycles. The predicted molar refractivity (Wildman–Crippen MR) is 84.2 cm³/mol. The molecule has 0 fully saturated rings. The lowest BCUT2D eigenvalue weighted by atomic mass is 10.0. The Morgan fingerprint density at radius 1 is 1.14 bits per heavy atom. The number of methoxy groups -OCH3 is 2. The lowest BCUT2D eigenvalue weighted by Gasteiger charge is -2.13. The maximum Gasteiger partial charge on any atom is 0.373 e. The summed E-state index contributed by atoms with van der Waals surface area (Å²) in [6, 6.07) is 4.84. The zero-order valence-electron chi connectivity index (χ0n) is 13.9. The molecule has 0 amide bonds. The molecule has 0 aliphatic carbocycles. The van der Waals surface area contributed by atoms with Crippen molar-refractivity contribution < 1.29 is 24.0 Å². The highest BCUT2D eigenvalue weighted by atomic mass is 17.2. The van der Waals surface area contributed by atoms with Gasteiger partial charge in [-0.25, -0.2) is 4.79 Å². The van der Waals surface area contributed by atoms with E-state index in [1.54, 1.807) is 25.3 Å². The van der Waals surface area contributed by atoms with Crippen molar-refractivity contribution in [2.24, 2.45) is 5.92 Å². The van der Waals surface area contributed by atoms with Crippen molar-refractivity contribution in [3.05, 3.63) is 23.8 Å². The largest absolute Gasteiger partial charge is 0.493 e. The first-order chi connectivity index (χ1) is 10.7. The van der Waals surface area contributed by atoms with E-state index in [2.05, 4.69) is 13.8 Å². The van der Waals surface area contributed by atoms with Crippen LogP contribution in [0, 0.1) is 5.92 Å². The molecule has 0 N–H and O–H groups in total. The van der Waals surface area contributed by atoms with E-state index in [1.165, 1.54) is 7.11 Å². The van der Waals surface area contributed by atoms with Gasteiger partial charge >= 0.3 is 5.97 Å². The zero-order chi connectivity index (χ0) is 16.4. The van der Waals surface area contributed by atoms with Crippen molar-refractivity contribution >= 4 is 5.97 Å². The molecule has 0 spiro atoms. The third-order valence-corrected chi connectivity index (χ3v) is 3.60. The van der Waals surface area contributed by atoms with Crippen LogP contribution in [0.1, 0.15) is 49.9 Å². The number of ether oxygens (including phenoxy) is 2. The number of benzene rings is 1. The lowest BCUT2D eigenvalue weighted by molar-refractivity contribution is -0.249. The molecule has 22 heavy (non-hydrogen) atoms. The van der Waals surface area contributed by atoms with E-state index in [0.29, 0.717) is 29.6 Å². The minimum absolute atomic E-state index is 0.360. The Kier molecular flexibility index (Phi) is 8.36. The lowest BCUT2D eigenvalue weighted by Crippen LogP contribution is -2.13. The molecule has 0 aromatic heterocycles. The van der Waals surface area contributed by atoms with Crippen LogP contribution in [0.15, 0.2) is 18.2 Å². The highest BCUT2D eigenvalue weighted by molar-refractivity contribution is 5.89. The maximum atomic E-state index is 12.0. The van der Waals surface area contributed by atoms with Crippen LogP contribution in [0.4, 0.5) is 0 Å². The van der Waals surface area contributed by atoms with E-state index in [4.69, 9.17) is 19.2 Å². The van der Waals surface area contributed by atoms with E-state index in [0.717, 1.165) is 25.7 Å². The smallest absolute Gasteiger partial charge is 0.373 e. The molecule has 0 heterocycles. The second-order valence-corrected chi connectivity index (χ2v) is 5.14. The fraction of sp³-hybridized carbons (Fsp3) is 0.588. The number of unbranched alkanes of at least 4 members (excludes halogenated alkanes) is 1. The van der Waals surface area contributed by atoms with E-state index >= 15 is 0 Å². The molecular formula is C17H26O5. The van der Waals surface area contributed by atoms with E-state index in [-0.39, 0.29) is 0 Å². The summed E-state index contributed by atoms with van der Waals surface area (Å²) in [5.74, 6) is 0.918. The average molecular weight is 310 g/mol. The summed E-state index contributed by atoms with van der Waals surface area (Å²) in [6.07, 6.45) is 4.41. The summed E-state index contributed by atoms with van der Waals surface area (Å²) >= 11 is 0. The third kappa shape index (κ3) is 5.56. The van der Waals surface area contributed by atoms with Crippen LogP contribution in [0.3, 0.4) is 0 Å². The normalized spacial score (nSPS) is 11.8. The Balaban J connectivity index is 2.51. The molecule has 1 aromatic carbocycles. The molecule has 124 valence electrons. The minimum atomic E-state index is -0.536. The first-order valence-electron chi connectivity index (χ1n) is 7.72. The quantitative estimate of drug-likeness (QED) is 0.483. The van der Waals surface area contributed by atoms with Crippen LogP contribution in [0.5, 0.6) is 11.5 Å². The Labute approximate surface area is 132 Å². The van der Waals surface area contributed by atoms with Gasteiger partial charge in [-0.05, 0) is 30.5 Å². The highest BCUT2D eigenvalue weighted by Crippen LogP contribution is 2.27. The van der Waals surface area contributed by atoms with Gasteiger partial charge in [0.05, 0.1) is 26.4 Å². The summed E-state index contributed by atoms with van der Waals surface area (Å²) < 4.78 is 10.3. The van der Waals surface area contributed by atoms with Crippen LogP contribution in [0.25, 0.3) is 0 Å². The molecule has 1 rings (SSSR count). The van der Waals surface area contributed by atoms with Gasteiger partial charge in [0.15, 0.2) is 11.5 Å². The van der Waals surface area contributed by atoms with Gasteiger partial charge in [0.25, 0.3) is 0 Å². The molecule has 0 saturated heterocycles. The van der Waals surface area contributed by atoms with Crippen molar-refractivity contribution in [2.45, 2.75) is 39.5 Å². The second kappa shape index (κ2) is 10.1. The second-order valence-electron chi connectivity index (χ2n) is 5.14. The van der Waals surface area contributed by atoms with Gasteiger partial charge < -0.3 is 9.47 Å². The summed E-state index contributed by atoms with van der Waals surface area (Å²) in [5.41, 5.74) is 0.360. The van der Waals surface area contributed by atoms with Gasteiger partial charge in [-0.15, -0.1) is 0 Å². The number of hydrogen-bond acceptors (Lipinski definition) is 5. The monoisotopic (exact) mass is 310 g/mol. The Morgan fingerprint density at radius 2 is 1.86 bits per heavy atom. The first-order valence-corrected chi connectivity index (χ1v) is 7.72. The van der Waals surface area contributed by atoms with E-state index < -0.39 is 5.97 Å². The standard InChI is InChI=1S/C17H26O5/c1-5-7-8-13(6-2)12-21-22-17(18)14-9-10-15(19-3)16(11-14)20-4/h9-11,13H,5-8,12H2,1-4H3. The summed E-state index contributed by atoms with van der Waals surface area (Å²) in [6.45, 7) is 4.69. The Bertz CT molecular complexity index is 458. The highest BCUT2D eigenvalue weighted by Gasteiger charge is 2.14. The number of hydrogen-bond donors (Lipinski definition) is 0. The average Bonchev–Trinajstić information content (AvgIpc) is 2.56. The number of carbonyl (C=O) groups excluding carboxylic acids is 1. The zero-order valence-corrected chi connectivity index (χ0v) is 13.9. The molecule has 0 bridgehead atoms. The molecule has 0 saturated carbocycles. The molecule has 0 radical (unpaired) electrons. The van der Waals surface area contributed by atoms with Crippen LogP contribution in [-0.4, -0.2) is 26.8 Å². The SMILES string of the molecule is CCCCC(CC)COOC(=O)c1ccc(OC)c(OC)c1. The van der Waals surface area contributed by atoms with E-state index in [9.17, 15) is 4.79 Å². The molecule has 0 aliphatic rings. The molecule has 5 heteroatoms. The predicted octanol–water partition coefficient (Wildman–Crippen LogP) is 4.01. The summed E-state index contributed by atoms with van der Waals surface area (Å²) in [7, 11) is 3.06. The fourth-order valence-corrected chi connectivity index (χ4v) is 2.09. The van der Waals surface area contributed by atoms with Crippen molar-refractivity contribution in [1.29, 1.82) is 0 Å². The molecular weight excluding hydrogens is 284 g/mol. The fourth-order valence-electron chi connectivity index (χ4n) is 2.09. The van der Waals surface area contributed by atoms with Gasteiger partial charge in [0.1, 0.15) is 0 Å². The van der Waals surface area contributed by atoms with Gasteiger partial charge in [-0.2, -0.15) is 4.89 Å². The summed E-state index contributed by atoms with van der Waals surface area (Å²) in [5, 5.41) is 0. The molecule has 5 nitrogen and oxygen atoms in total. The third-order valence-electron chi connectivity index (χ3n) is 3.60. The number of rotatable bonds is 10. The number of carbonyl (C=O) groups is 1. The topological polar surface area (TPSA) is 54.0 Å². The van der Waals surface area contributed by atoms with Gasteiger partial charge in [0.2, 0.25) is 0 Å². The first kappa shape index (κ1) is 18.3. The van der Waals surface area contributed by atoms with Gasteiger partial charge in [-0.1, -0.05) is 33.1 Å². The Morgan fingerprint density at radius 3 is 2.45 bits per heavy atom.